The van der Waals surface area contributed by atoms with E-state index in [0.717, 1.165) is 15.7 Å². The number of nitrogens with zero attached hydrogens (tertiary/aromatic N) is 1. The summed E-state index contributed by atoms with van der Waals surface area (Å²) in [4.78, 5) is 14.1. The maximum Gasteiger partial charge on any atom is 0.182 e. The average molecular weight is 304 g/mol. The van der Waals surface area contributed by atoms with Crippen molar-refractivity contribution >= 4 is 27.4 Å². The fourth-order valence-electron chi connectivity index (χ4n) is 1.74. The molecule has 0 amide bonds. The molecule has 18 heavy (non-hydrogen) atoms. The molecule has 0 aliphatic heterocycles. The van der Waals surface area contributed by atoms with E-state index in [0.29, 0.717) is 6.54 Å². The molecule has 0 aromatic heterocycles. The normalized spacial score (nSPS) is 10.1. The van der Waals surface area contributed by atoms with Gasteiger partial charge >= 0.3 is 0 Å². The fraction of sp³-hybridized carbons (Fsp3) is 0.133. The molecule has 2 nitrogen and oxygen atoms in total. The predicted octanol–water partition coefficient (Wildman–Crippen LogP) is 3.77. The van der Waals surface area contributed by atoms with E-state index >= 15 is 0 Å². The van der Waals surface area contributed by atoms with Crippen molar-refractivity contribution in [2.24, 2.45) is 0 Å². The van der Waals surface area contributed by atoms with E-state index in [2.05, 4.69) is 15.9 Å². The lowest BCUT2D eigenvalue weighted by Crippen LogP contribution is -2.25. The van der Waals surface area contributed by atoms with Gasteiger partial charge < -0.3 is 4.90 Å². The summed E-state index contributed by atoms with van der Waals surface area (Å²) in [6, 6.07) is 17.4. The van der Waals surface area contributed by atoms with Gasteiger partial charge in [0.05, 0.1) is 6.54 Å². The van der Waals surface area contributed by atoms with Crippen LogP contribution in [-0.4, -0.2) is 19.4 Å². The minimum atomic E-state index is 0.114. The van der Waals surface area contributed by atoms with Gasteiger partial charge in [-0.3, -0.25) is 4.79 Å². The first-order chi connectivity index (χ1) is 8.66. The highest BCUT2D eigenvalue weighted by molar-refractivity contribution is 9.10. The lowest BCUT2D eigenvalue weighted by molar-refractivity contribution is 0.100. The Labute approximate surface area is 115 Å². The van der Waals surface area contributed by atoms with Gasteiger partial charge in [0, 0.05) is 22.8 Å². The molecule has 2 rings (SSSR count). The van der Waals surface area contributed by atoms with Crippen molar-refractivity contribution in [1.29, 1.82) is 0 Å². The molecular formula is C15H14BrNO. The minimum absolute atomic E-state index is 0.114. The van der Waals surface area contributed by atoms with Crippen molar-refractivity contribution < 1.29 is 4.79 Å². The van der Waals surface area contributed by atoms with E-state index in [4.69, 9.17) is 0 Å². The number of anilines is 1. The second kappa shape index (κ2) is 5.83. The molecule has 0 atom stereocenters. The molecule has 0 N–H and O–H groups in total. The van der Waals surface area contributed by atoms with Crippen LogP contribution >= 0.6 is 15.9 Å². The van der Waals surface area contributed by atoms with Crippen LogP contribution < -0.4 is 4.90 Å². The zero-order valence-corrected chi connectivity index (χ0v) is 11.7. The number of para-hydroxylation sites is 1. The van der Waals surface area contributed by atoms with E-state index in [1.165, 1.54) is 0 Å². The number of Topliss-reactive ketones (excluding diaryl/α,β-unsaturated/α-hetero) is 1. The minimum Gasteiger partial charge on any atom is -0.367 e. The maximum atomic E-state index is 12.1. The molecule has 0 aliphatic rings. The molecule has 0 saturated carbocycles. The Morgan fingerprint density at radius 3 is 2.50 bits per heavy atom. The van der Waals surface area contributed by atoms with Gasteiger partial charge in [-0.25, -0.2) is 0 Å². The fourth-order valence-corrected chi connectivity index (χ4v) is 2.14. The summed E-state index contributed by atoms with van der Waals surface area (Å²) in [5.74, 6) is 0.114. The molecule has 0 heterocycles. The Morgan fingerprint density at radius 1 is 1.11 bits per heavy atom. The van der Waals surface area contributed by atoms with E-state index in [-0.39, 0.29) is 5.78 Å². The summed E-state index contributed by atoms with van der Waals surface area (Å²) >= 11 is 3.38. The summed E-state index contributed by atoms with van der Waals surface area (Å²) in [6.07, 6.45) is 0. The first-order valence-corrected chi connectivity index (χ1v) is 6.51. The number of ketones is 1. The summed E-state index contributed by atoms with van der Waals surface area (Å²) in [7, 11) is 1.92. The summed E-state index contributed by atoms with van der Waals surface area (Å²) in [5, 5.41) is 0. The molecule has 0 spiro atoms. The molecule has 3 heteroatoms. The Hall–Kier alpha value is -1.61. The SMILES string of the molecule is CN(CC(=O)c1cccc(Br)c1)c1ccccc1. The monoisotopic (exact) mass is 303 g/mol. The van der Waals surface area contributed by atoms with E-state index < -0.39 is 0 Å². The second-order valence-electron chi connectivity index (χ2n) is 4.13. The molecule has 0 radical (unpaired) electrons. The van der Waals surface area contributed by atoms with Gasteiger partial charge in [-0.2, -0.15) is 0 Å². The third-order valence-electron chi connectivity index (χ3n) is 2.72. The van der Waals surface area contributed by atoms with Crippen molar-refractivity contribution in [3.63, 3.8) is 0 Å². The average Bonchev–Trinajstić information content (AvgIpc) is 2.39. The highest BCUT2D eigenvalue weighted by Crippen LogP contribution is 2.15. The summed E-state index contributed by atoms with van der Waals surface area (Å²) in [5.41, 5.74) is 1.77. The van der Waals surface area contributed by atoms with Crippen molar-refractivity contribution in [3.05, 3.63) is 64.6 Å². The zero-order valence-electron chi connectivity index (χ0n) is 10.1. The Kier molecular flexibility index (Phi) is 4.15. The van der Waals surface area contributed by atoms with Crippen LogP contribution in [0.2, 0.25) is 0 Å². The van der Waals surface area contributed by atoms with Crippen LogP contribution in [0.3, 0.4) is 0 Å². The van der Waals surface area contributed by atoms with Crippen LogP contribution in [-0.2, 0) is 0 Å². The van der Waals surface area contributed by atoms with E-state index in [9.17, 15) is 4.79 Å². The van der Waals surface area contributed by atoms with Gasteiger partial charge in [-0.05, 0) is 24.3 Å². The molecule has 2 aromatic carbocycles. The molecule has 0 bridgehead atoms. The van der Waals surface area contributed by atoms with Crippen LogP contribution in [0, 0.1) is 0 Å². The number of hydrogen-bond donors (Lipinski definition) is 0. The van der Waals surface area contributed by atoms with Crippen molar-refractivity contribution in [3.8, 4) is 0 Å². The second-order valence-corrected chi connectivity index (χ2v) is 5.04. The van der Waals surface area contributed by atoms with Crippen LogP contribution in [0.25, 0.3) is 0 Å². The van der Waals surface area contributed by atoms with Crippen molar-refractivity contribution in [2.75, 3.05) is 18.5 Å². The zero-order chi connectivity index (χ0) is 13.0. The van der Waals surface area contributed by atoms with Gasteiger partial charge in [-0.1, -0.05) is 46.3 Å². The first-order valence-electron chi connectivity index (χ1n) is 5.72. The first kappa shape index (κ1) is 12.8. The largest absolute Gasteiger partial charge is 0.367 e. The number of rotatable bonds is 4. The highest BCUT2D eigenvalue weighted by atomic mass is 79.9. The summed E-state index contributed by atoms with van der Waals surface area (Å²) < 4.78 is 0.927. The number of carbonyl (C=O) groups excluding carboxylic acids is 1. The predicted molar refractivity (Wildman–Crippen MR) is 78.2 cm³/mol. The van der Waals surface area contributed by atoms with E-state index in [1.54, 1.807) is 0 Å². The standard InChI is InChI=1S/C15H14BrNO/c1-17(14-8-3-2-4-9-14)11-15(18)12-6-5-7-13(16)10-12/h2-10H,11H2,1H3. The molecule has 2 aromatic rings. The van der Waals surface area contributed by atoms with Crippen LogP contribution in [0.4, 0.5) is 5.69 Å². The lowest BCUT2D eigenvalue weighted by atomic mass is 10.1. The Bertz CT molecular complexity index is 539. The van der Waals surface area contributed by atoms with Crippen LogP contribution in [0.1, 0.15) is 10.4 Å². The van der Waals surface area contributed by atoms with Gasteiger partial charge in [0.2, 0.25) is 0 Å². The smallest absolute Gasteiger partial charge is 0.182 e. The maximum absolute atomic E-state index is 12.1. The number of likely N-dealkylation sites (N-methyl/N-ethyl adjacent to an activating group) is 1. The number of halogens is 1. The Balaban J connectivity index is 2.08. The molecule has 0 unspecified atom stereocenters. The van der Waals surface area contributed by atoms with Gasteiger partial charge in [0.1, 0.15) is 0 Å². The van der Waals surface area contributed by atoms with Crippen LogP contribution in [0.15, 0.2) is 59.1 Å². The molecule has 0 saturated heterocycles. The third kappa shape index (κ3) is 3.20. The topological polar surface area (TPSA) is 20.3 Å². The molecule has 0 aliphatic carbocycles. The Morgan fingerprint density at radius 2 is 1.83 bits per heavy atom. The van der Waals surface area contributed by atoms with Gasteiger partial charge in [-0.15, -0.1) is 0 Å². The third-order valence-corrected chi connectivity index (χ3v) is 3.22. The van der Waals surface area contributed by atoms with Crippen LogP contribution in [0.5, 0.6) is 0 Å². The number of benzene rings is 2. The van der Waals surface area contributed by atoms with Gasteiger partial charge in [0.15, 0.2) is 5.78 Å². The van der Waals surface area contributed by atoms with Gasteiger partial charge in [0.25, 0.3) is 0 Å². The van der Waals surface area contributed by atoms with E-state index in [1.807, 2.05) is 66.5 Å². The molecule has 92 valence electrons. The quantitative estimate of drug-likeness (QED) is 0.801. The summed E-state index contributed by atoms with van der Waals surface area (Å²) in [6.45, 7) is 0.375. The molecule has 0 fully saturated rings. The van der Waals surface area contributed by atoms with Crippen molar-refractivity contribution in [2.45, 2.75) is 0 Å². The highest BCUT2D eigenvalue weighted by Gasteiger charge is 2.09. The van der Waals surface area contributed by atoms with Crippen molar-refractivity contribution in [1.82, 2.24) is 0 Å². The number of hydrogen-bond acceptors (Lipinski definition) is 2. The number of carbonyl (C=O) groups is 1. The lowest BCUT2D eigenvalue weighted by Gasteiger charge is -2.18. The molecular weight excluding hydrogens is 290 g/mol.